The number of nitrogens with one attached hydrogen (secondary N) is 1. The van der Waals surface area contributed by atoms with Crippen molar-refractivity contribution in [3.05, 3.63) is 0 Å². The molecule has 0 radical (unpaired) electrons. The van der Waals surface area contributed by atoms with Crippen LogP contribution in [0.2, 0.25) is 0 Å². The molecule has 1 saturated heterocycles. The highest BCUT2D eigenvalue weighted by Gasteiger charge is 2.40. The van der Waals surface area contributed by atoms with Gasteiger partial charge in [-0.1, -0.05) is 6.42 Å². The van der Waals surface area contributed by atoms with Gasteiger partial charge in [0.05, 0.1) is 0 Å². The molecule has 2 bridgehead atoms. The minimum atomic E-state index is 0.519. The van der Waals surface area contributed by atoms with Crippen molar-refractivity contribution in [3.8, 4) is 0 Å². The van der Waals surface area contributed by atoms with Crippen molar-refractivity contribution in [2.24, 2.45) is 29.5 Å². The van der Waals surface area contributed by atoms with Gasteiger partial charge < -0.3 is 4.74 Å². The Morgan fingerprint density at radius 1 is 1.18 bits per heavy atom. The smallest absolute Gasteiger partial charge is 0.0495 e. The Morgan fingerprint density at radius 3 is 2.71 bits per heavy atom. The first-order valence-electron chi connectivity index (χ1n) is 7.39. The van der Waals surface area contributed by atoms with E-state index in [9.17, 15) is 0 Å². The molecule has 1 aliphatic heterocycles. The molecule has 3 nitrogen and oxygen atoms in total. The highest BCUT2D eigenvalue weighted by Crippen LogP contribution is 2.50. The zero-order valence-corrected chi connectivity index (χ0v) is 10.7. The van der Waals surface area contributed by atoms with E-state index in [0.717, 1.165) is 36.9 Å². The van der Waals surface area contributed by atoms with Crippen molar-refractivity contribution in [1.82, 2.24) is 5.43 Å². The number of nitrogens with two attached hydrogens (primary N) is 1. The summed E-state index contributed by atoms with van der Waals surface area (Å²) >= 11 is 0. The van der Waals surface area contributed by atoms with Gasteiger partial charge in [-0.3, -0.25) is 11.3 Å². The van der Waals surface area contributed by atoms with Gasteiger partial charge in [0.2, 0.25) is 0 Å². The van der Waals surface area contributed by atoms with Crippen molar-refractivity contribution in [1.29, 1.82) is 0 Å². The molecule has 0 spiro atoms. The molecule has 3 aliphatic rings. The molecule has 2 aliphatic carbocycles. The maximum absolute atomic E-state index is 5.74. The topological polar surface area (TPSA) is 47.3 Å². The summed E-state index contributed by atoms with van der Waals surface area (Å²) in [6, 6.07) is 0.519. The fraction of sp³-hybridized carbons (Fsp3) is 1.00. The first-order chi connectivity index (χ1) is 8.35. The summed E-state index contributed by atoms with van der Waals surface area (Å²) in [5.74, 6) is 9.51. The average molecular weight is 238 g/mol. The largest absolute Gasteiger partial charge is 0.381 e. The zero-order chi connectivity index (χ0) is 11.7. The van der Waals surface area contributed by atoms with Gasteiger partial charge in [0.15, 0.2) is 0 Å². The van der Waals surface area contributed by atoms with E-state index in [0.29, 0.717) is 6.04 Å². The lowest BCUT2D eigenvalue weighted by Gasteiger charge is -2.27. The molecule has 3 fully saturated rings. The number of hydrazine groups is 1. The average Bonchev–Trinajstić information content (AvgIpc) is 3.04. The summed E-state index contributed by atoms with van der Waals surface area (Å²) in [7, 11) is 0. The Labute approximate surface area is 104 Å². The van der Waals surface area contributed by atoms with Crippen molar-refractivity contribution in [2.75, 3.05) is 13.2 Å². The highest BCUT2D eigenvalue weighted by molar-refractivity contribution is 4.91. The molecule has 1 heterocycles. The van der Waals surface area contributed by atoms with E-state index in [1.807, 2.05) is 0 Å². The molecule has 3 N–H and O–H groups in total. The Balaban J connectivity index is 1.48. The molecular weight excluding hydrogens is 212 g/mol. The first kappa shape index (κ1) is 11.9. The van der Waals surface area contributed by atoms with Gasteiger partial charge in [0.25, 0.3) is 0 Å². The molecule has 0 aromatic heterocycles. The van der Waals surface area contributed by atoms with E-state index in [1.165, 1.54) is 44.9 Å². The summed E-state index contributed by atoms with van der Waals surface area (Å²) in [5.41, 5.74) is 3.06. The third kappa shape index (κ3) is 2.67. The van der Waals surface area contributed by atoms with Crippen molar-refractivity contribution in [2.45, 2.75) is 51.0 Å². The van der Waals surface area contributed by atoms with Crippen molar-refractivity contribution in [3.63, 3.8) is 0 Å². The van der Waals surface area contributed by atoms with Crippen LogP contribution in [0.3, 0.4) is 0 Å². The van der Waals surface area contributed by atoms with E-state index in [1.54, 1.807) is 0 Å². The van der Waals surface area contributed by atoms with Crippen LogP contribution < -0.4 is 11.3 Å². The normalized spacial score (nSPS) is 42.2. The van der Waals surface area contributed by atoms with E-state index in [-0.39, 0.29) is 0 Å². The zero-order valence-electron chi connectivity index (χ0n) is 10.7. The van der Waals surface area contributed by atoms with Crippen LogP contribution in [0.5, 0.6) is 0 Å². The summed E-state index contributed by atoms with van der Waals surface area (Å²) in [5, 5.41) is 0. The Kier molecular flexibility index (Phi) is 3.69. The van der Waals surface area contributed by atoms with Crippen LogP contribution in [0, 0.1) is 23.7 Å². The quantitative estimate of drug-likeness (QED) is 0.569. The van der Waals surface area contributed by atoms with Crippen LogP contribution in [-0.2, 0) is 4.74 Å². The number of fused-ring (bicyclic) bond motifs is 2. The second kappa shape index (κ2) is 5.25. The van der Waals surface area contributed by atoms with Gasteiger partial charge in [0, 0.05) is 19.3 Å². The Hall–Kier alpha value is -0.120. The number of ether oxygens (including phenoxy) is 1. The third-order valence-corrected chi connectivity index (χ3v) is 5.35. The number of rotatable bonds is 5. The lowest BCUT2D eigenvalue weighted by atomic mass is 9.82. The van der Waals surface area contributed by atoms with E-state index in [2.05, 4.69) is 5.43 Å². The molecule has 0 aromatic rings. The second-order valence-electron chi connectivity index (χ2n) is 6.50. The van der Waals surface area contributed by atoms with E-state index >= 15 is 0 Å². The Bertz CT molecular complexity index is 253. The van der Waals surface area contributed by atoms with Gasteiger partial charge in [-0.05, 0) is 62.2 Å². The standard InChI is InChI=1S/C14H26N2O/c15-16-14(7-11-3-4-17-9-11)8-13-6-10-1-2-12(13)5-10/h10-14,16H,1-9,15H2. The lowest BCUT2D eigenvalue weighted by Crippen LogP contribution is -2.39. The molecule has 5 atom stereocenters. The SMILES string of the molecule is NNC(CC1CCOC1)CC1CC2CCC1C2. The van der Waals surface area contributed by atoms with Crippen LogP contribution in [0.4, 0.5) is 0 Å². The minimum Gasteiger partial charge on any atom is -0.381 e. The predicted molar refractivity (Wildman–Crippen MR) is 68.2 cm³/mol. The molecule has 3 heteroatoms. The monoisotopic (exact) mass is 238 g/mol. The Morgan fingerprint density at radius 2 is 2.12 bits per heavy atom. The summed E-state index contributed by atoms with van der Waals surface area (Å²) in [6.07, 6.45) is 9.71. The predicted octanol–water partition coefficient (Wildman–Crippen LogP) is 2.07. The number of hydrogen-bond acceptors (Lipinski definition) is 3. The molecule has 17 heavy (non-hydrogen) atoms. The fourth-order valence-electron chi connectivity index (χ4n) is 4.43. The van der Waals surface area contributed by atoms with Crippen LogP contribution >= 0.6 is 0 Å². The van der Waals surface area contributed by atoms with Gasteiger partial charge >= 0.3 is 0 Å². The van der Waals surface area contributed by atoms with Gasteiger partial charge in [-0.2, -0.15) is 0 Å². The molecule has 0 amide bonds. The van der Waals surface area contributed by atoms with Crippen LogP contribution in [-0.4, -0.2) is 19.3 Å². The maximum Gasteiger partial charge on any atom is 0.0495 e. The van der Waals surface area contributed by atoms with Crippen molar-refractivity contribution < 1.29 is 4.74 Å². The summed E-state index contributed by atoms with van der Waals surface area (Å²) in [6.45, 7) is 1.91. The third-order valence-electron chi connectivity index (χ3n) is 5.35. The molecular formula is C14H26N2O. The van der Waals surface area contributed by atoms with Gasteiger partial charge in [-0.15, -0.1) is 0 Å². The van der Waals surface area contributed by atoms with Gasteiger partial charge in [-0.25, -0.2) is 0 Å². The maximum atomic E-state index is 5.74. The first-order valence-corrected chi connectivity index (χ1v) is 7.39. The molecule has 0 aromatic carbocycles. The lowest BCUT2D eigenvalue weighted by molar-refractivity contribution is 0.177. The number of hydrogen-bond donors (Lipinski definition) is 2. The molecule has 98 valence electrons. The second-order valence-corrected chi connectivity index (χ2v) is 6.50. The molecule has 5 unspecified atom stereocenters. The summed E-state index contributed by atoms with van der Waals surface area (Å²) in [4.78, 5) is 0. The van der Waals surface area contributed by atoms with Gasteiger partial charge in [0.1, 0.15) is 0 Å². The van der Waals surface area contributed by atoms with Crippen LogP contribution in [0.15, 0.2) is 0 Å². The van der Waals surface area contributed by atoms with E-state index in [4.69, 9.17) is 10.6 Å². The summed E-state index contributed by atoms with van der Waals surface area (Å²) < 4.78 is 5.45. The molecule has 3 rings (SSSR count). The molecule has 2 saturated carbocycles. The van der Waals surface area contributed by atoms with E-state index < -0.39 is 0 Å². The minimum absolute atomic E-state index is 0.519. The fourth-order valence-corrected chi connectivity index (χ4v) is 4.43. The highest BCUT2D eigenvalue weighted by atomic mass is 16.5. The van der Waals surface area contributed by atoms with Crippen LogP contribution in [0.25, 0.3) is 0 Å². The van der Waals surface area contributed by atoms with Crippen molar-refractivity contribution >= 4 is 0 Å². The van der Waals surface area contributed by atoms with Crippen LogP contribution in [0.1, 0.15) is 44.9 Å².